The van der Waals surface area contributed by atoms with Crippen LogP contribution in [0, 0.1) is 0 Å². The van der Waals surface area contributed by atoms with E-state index in [1.807, 2.05) is 13.8 Å². The van der Waals surface area contributed by atoms with Gasteiger partial charge in [-0.3, -0.25) is 14.4 Å². The molecule has 3 aromatic rings. The van der Waals surface area contributed by atoms with Crippen molar-refractivity contribution in [2.24, 2.45) is 0 Å². The van der Waals surface area contributed by atoms with Gasteiger partial charge in [-0.25, -0.2) is 4.68 Å². The van der Waals surface area contributed by atoms with Crippen molar-refractivity contribution < 1.29 is 19.1 Å². The van der Waals surface area contributed by atoms with E-state index in [1.165, 1.54) is 11.6 Å². The molecule has 1 amide bonds. The van der Waals surface area contributed by atoms with Crippen molar-refractivity contribution in [1.82, 2.24) is 9.78 Å². The van der Waals surface area contributed by atoms with E-state index in [-0.39, 0.29) is 29.9 Å². The van der Waals surface area contributed by atoms with Gasteiger partial charge < -0.3 is 14.8 Å². The molecule has 0 spiro atoms. The molecular weight excluding hydrogens is 374 g/mol. The second-order valence-corrected chi connectivity index (χ2v) is 7.00. The lowest BCUT2D eigenvalue weighted by Gasteiger charge is -2.14. The van der Waals surface area contributed by atoms with E-state index in [0.717, 1.165) is 0 Å². The molecule has 0 saturated carbocycles. The molecule has 1 aromatic heterocycles. The summed E-state index contributed by atoms with van der Waals surface area (Å²) in [6.07, 6.45) is 0. The third kappa shape index (κ3) is 3.22. The van der Waals surface area contributed by atoms with Gasteiger partial charge in [-0.15, -0.1) is 0 Å². The molecule has 0 atom stereocenters. The number of ether oxygens (including phenoxy) is 2. The van der Waals surface area contributed by atoms with Gasteiger partial charge in [-0.1, -0.05) is 18.2 Å². The Morgan fingerprint density at radius 3 is 2.41 bits per heavy atom. The summed E-state index contributed by atoms with van der Waals surface area (Å²) >= 11 is 0. The van der Waals surface area contributed by atoms with Crippen LogP contribution in [0.25, 0.3) is 10.8 Å². The van der Waals surface area contributed by atoms with Crippen LogP contribution in [-0.4, -0.2) is 28.3 Å². The summed E-state index contributed by atoms with van der Waals surface area (Å²) in [5.41, 5.74) is 0.421. The lowest BCUT2D eigenvalue weighted by molar-refractivity contribution is 0.101. The number of Topliss-reactive ketones (excluding diaryl/α,β-unsaturated/α-hetero) is 1. The largest absolute Gasteiger partial charge is 0.454 e. The van der Waals surface area contributed by atoms with Crippen molar-refractivity contribution in [2.75, 3.05) is 12.1 Å². The minimum absolute atomic E-state index is 0.0512. The number of fused-ring (bicyclic) bond motifs is 2. The number of aromatic nitrogens is 2. The molecule has 148 valence electrons. The Bertz CT molecular complexity index is 1210. The van der Waals surface area contributed by atoms with Crippen LogP contribution in [0.4, 0.5) is 5.69 Å². The topological polar surface area (TPSA) is 99.5 Å². The van der Waals surface area contributed by atoms with Crippen molar-refractivity contribution in [2.45, 2.75) is 26.8 Å². The number of nitrogens with zero attached hydrogens (tertiary/aromatic N) is 2. The molecule has 0 saturated heterocycles. The lowest BCUT2D eigenvalue weighted by Crippen LogP contribution is -2.29. The number of hydrogen-bond acceptors (Lipinski definition) is 6. The minimum Gasteiger partial charge on any atom is -0.454 e. The molecule has 2 aromatic carbocycles. The van der Waals surface area contributed by atoms with E-state index < -0.39 is 5.91 Å². The maximum Gasteiger partial charge on any atom is 0.276 e. The van der Waals surface area contributed by atoms with E-state index in [1.54, 1.807) is 36.4 Å². The Morgan fingerprint density at radius 2 is 1.76 bits per heavy atom. The molecule has 1 aliphatic rings. The zero-order valence-corrected chi connectivity index (χ0v) is 16.2. The van der Waals surface area contributed by atoms with Gasteiger partial charge >= 0.3 is 0 Å². The number of carbonyl (C=O) groups is 2. The zero-order valence-electron chi connectivity index (χ0n) is 16.2. The first-order valence-corrected chi connectivity index (χ1v) is 9.14. The first kappa shape index (κ1) is 18.7. The van der Waals surface area contributed by atoms with Gasteiger partial charge in [0, 0.05) is 17.0 Å². The van der Waals surface area contributed by atoms with Crippen molar-refractivity contribution in [3.05, 3.63) is 58.0 Å². The summed E-state index contributed by atoms with van der Waals surface area (Å²) in [5, 5.41) is 7.88. The predicted octanol–water partition coefficient (Wildman–Crippen LogP) is 3.16. The van der Waals surface area contributed by atoms with Gasteiger partial charge in [0.15, 0.2) is 23.0 Å². The maximum atomic E-state index is 13.1. The van der Waals surface area contributed by atoms with Crippen LogP contribution in [-0.2, 0) is 0 Å². The molecule has 2 heterocycles. The monoisotopic (exact) mass is 393 g/mol. The van der Waals surface area contributed by atoms with Gasteiger partial charge in [-0.05, 0) is 32.9 Å². The summed E-state index contributed by atoms with van der Waals surface area (Å²) in [5.74, 6) is 0.126. The smallest absolute Gasteiger partial charge is 0.276 e. The summed E-state index contributed by atoms with van der Waals surface area (Å²) in [6, 6.07) is 9.68. The van der Waals surface area contributed by atoms with E-state index >= 15 is 0 Å². The molecular formula is C21H19N3O5. The molecule has 1 N–H and O–H groups in total. The van der Waals surface area contributed by atoms with E-state index in [9.17, 15) is 14.4 Å². The Kier molecular flexibility index (Phi) is 4.54. The number of ketones is 1. The Labute approximate surface area is 166 Å². The van der Waals surface area contributed by atoms with Gasteiger partial charge in [0.25, 0.3) is 11.5 Å². The fourth-order valence-electron chi connectivity index (χ4n) is 3.24. The highest BCUT2D eigenvalue weighted by molar-refractivity contribution is 6.13. The van der Waals surface area contributed by atoms with Gasteiger partial charge in [-0.2, -0.15) is 5.10 Å². The van der Waals surface area contributed by atoms with Crippen LogP contribution in [0.5, 0.6) is 11.5 Å². The standard InChI is InChI=1S/C21H19N3O5/c1-11(2)24-21(27)14-7-5-4-6-13(14)19(23-24)20(26)22-16-9-18-17(28-10-29-18)8-15(16)12(3)25/h4-9,11H,10H2,1-3H3,(H,22,26). The van der Waals surface area contributed by atoms with Crippen LogP contribution >= 0.6 is 0 Å². The summed E-state index contributed by atoms with van der Waals surface area (Å²) in [4.78, 5) is 37.9. The molecule has 4 rings (SSSR count). The third-order valence-corrected chi connectivity index (χ3v) is 4.67. The van der Waals surface area contributed by atoms with Crippen molar-refractivity contribution in [3.63, 3.8) is 0 Å². The molecule has 0 bridgehead atoms. The Morgan fingerprint density at radius 1 is 1.10 bits per heavy atom. The second kappa shape index (κ2) is 7.05. The molecule has 0 radical (unpaired) electrons. The van der Waals surface area contributed by atoms with Crippen molar-refractivity contribution in [3.8, 4) is 11.5 Å². The number of amides is 1. The zero-order chi connectivity index (χ0) is 20.7. The Hall–Kier alpha value is -3.68. The van der Waals surface area contributed by atoms with Crippen LogP contribution in [0.2, 0.25) is 0 Å². The maximum absolute atomic E-state index is 13.1. The number of benzene rings is 2. The van der Waals surface area contributed by atoms with Crippen molar-refractivity contribution in [1.29, 1.82) is 0 Å². The van der Waals surface area contributed by atoms with Crippen LogP contribution < -0.4 is 20.3 Å². The fraction of sp³-hybridized carbons (Fsp3) is 0.238. The molecule has 0 fully saturated rings. The second-order valence-electron chi connectivity index (χ2n) is 7.00. The molecule has 29 heavy (non-hydrogen) atoms. The van der Waals surface area contributed by atoms with Crippen LogP contribution in [0.15, 0.2) is 41.2 Å². The lowest BCUT2D eigenvalue weighted by atomic mass is 10.1. The first-order chi connectivity index (χ1) is 13.9. The van der Waals surface area contributed by atoms with E-state index in [2.05, 4.69) is 10.4 Å². The highest BCUT2D eigenvalue weighted by atomic mass is 16.7. The number of nitrogens with one attached hydrogen (secondary N) is 1. The SMILES string of the molecule is CC(=O)c1cc2c(cc1NC(=O)c1nn(C(C)C)c(=O)c3ccccc13)OCO2. The molecule has 1 aliphatic heterocycles. The quantitative estimate of drug-likeness (QED) is 0.684. The van der Waals surface area contributed by atoms with Gasteiger partial charge in [0.1, 0.15) is 0 Å². The normalized spacial score (nSPS) is 12.4. The summed E-state index contributed by atoms with van der Waals surface area (Å²) in [7, 11) is 0. The molecule has 0 aliphatic carbocycles. The first-order valence-electron chi connectivity index (χ1n) is 9.14. The highest BCUT2D eigenvalue weighted by Gasteiger charge is 2.23. The van der Waals surface area contributed by atoms with E-state index in [4.69, 9.17) is 9.47 Å². The van der Waals surface area contributed by atoms with Crippen LogP contribution in [0.1, 0.15) is 47.7 Å². The summed E-state index contributed by atoms with van der Waals surface area (Å²) < 4.78 is 11.9. The van der Waals surface area contributed by atoms with Crippen molar-refractivity contribution >= 4 is 28.2 Å². The average Bonchev–Trinajstić information content (AvgIpc) is 3.14. The van der Waals surface area contributed by atoms with Gasteiger partial charge in [0.2, 0.25) is 6.79 Å². The summed E-state index contributed by atoms with van der Waals surface area (Å²) in [6.45, 7) is 5.09. The number of carbonyl (C=O) groups excluding carboxylic acids is 2. The molecule has 8 nitrogen and oxygen atoms in total. The fourth-order valence-corrected chi connectivity index (χ4v) is 3.24. The minimum atomic E-state index is -0.531. The number of hydrogen-bond donors (Lipinski definition) is 1. The Balaban J connectivity index is 1.83. The predicted molar refractivity (Wildman–Crippen MR) is 107 cm³/mol. The number of rotatable bonds is 4. The molecule has 0 unspecified atom stereocenters. The van der Waals surface area contributed by atoms with Gasteiger partial charge in [0.05, 0.1) is 17.1 Å². The highest BCUT2D eigenvalue weighted by Crippen LogP contribution is 2.37. The van der Waals surface area contributed by atoms with E-state index in [0.29, 0.717) is 33.5 Å². The molecule has 8 heteroatoms. The van der Waals surface area contributed by atoms with Crippen LogP contribution in [0.3, 0.4) is 0 Å². The third-order valence-electron chi connectivity index (χ3n) is 4.67. The average molecular weight is 393 g/mol. The number of anilines is 1.